The molecule has 0 N–H and O–H groups in total. The number of carbonyl (C=O) groups is 1. The van der Waals surface area contributed by atoms with Crippen LogP contribution in [0.1, 0.15) is 45.4 Å². The van der Waals surface area contributed by atoms with Crippen molar-refractivity contribution in [1.82, 2.24) is 4.90 Å². The van der Waals surface area contributed by atoms with Crippen molar-refractivity contribution >= 4 is 17.7 Å². The van der Waals surface area contributed by atoms with E-state index in [0.717, 1.165) is 19.4 Å². The summed E-state index contributed by atoms with van der Waals surface area (Å²) in [5, 5.41) is 0. The molecule has 1 spiro atoms. The molecule has 2 aliphatic heterocycles. The van der Waals surface area contributed by atoms with Crippen LogP contribution in [0.2, 0.25) is 0 Å². The van der Waals surface area contributed by atoms with Crippen molar-refractivity contribution in [3.63, 3.8) is 0 Å². The summed E-state index contributed by atoms with van der Waals surface area (Å²) in [4.78, 5) is 14.3. The number of rotatable bonds is 5. The average Bonchev–Trinajstić information content (AvgIpc) is 3.30. The molecule has 0 radical (unpaired) electrons. The van der Waals surface area contributed by atoms with E-state index in [1.165, 1.54) is 37.2 Å². The van der Waals surface area contributed by atoms with Crippen molar-refractivity contribution in [2.24, 2.45) is 0 Å². The van der Waals surface area contributed by atoms with E-state index in [1.807, 2.05) is 18.7 Å². The van der Waals surface area contributed by atoms with Gasteiger partial charge in [0.25, 0.3) is 0 Å². The summed E-state index contributed by atoms with van der Waals surface area (Å²) in [5.74, 6) is 2.37. The van der Waals surface area contributed by atoms with Crippen LogP contribution in [0.3, 0.4) is 0 Å². The van der Waals surface area contributed by atoms with Gasteiger partial charge in [-0.1, -0.05) is 0 Å². The topological polar surface area (TPSA) is 38.8 Å². The highest BCUT2D eigenvalue weighted by molar-refractivity contribution is 7.99. The lowest BCUT2D eigenvalue weighted by atomic mass is 9.84. The van der Waals surface area contributed by atoms with Crippen LogP contribution in [-0.4, -0.2) is 59.8 Å². The molecule has 3 fully saturated rings. The summed E-state index contributed by atoms with van der Waals surface area (Å²) in [6.07, 6.45) is 6.98. The standard InChI is InChI=1S/C16H27NO3S/c1-2-19-15(18)12-17(13-3-4-13)14-5-8-20-16(11-14)6-9-21-10-7-16/h13-14H,2-12H2,1H3. The van der Waals surface area contributed by atoms with Gasteiger partial charge in [0.05, 0.1) is 18.8 Å². The van der Waals surface area contributed by atoms with Crippen molar-refractivity contribution < 1.29 is 14.3 Å². The molecular formula is C16H27NO3S. The van der Waals surface area contributed by atoms with Crippen LogP contribution in [0.5, 0.6) is 0 Å². The molecule has 1 atom stereocenters. The molecule has 2 saturated heterocycles. The maximum Gasteiger partial charge on any atom is 0.320 e. The van der Waals surface area contributed by atoms with Gasteiger partial charge in [-0.25, -0.2) is 0 Å². The van der Waals surface area contributed by atoms with Gasteiger partial charge in [-0.15, -0.1) is 0 Å². The van der Waals surface area contributed by atoms with E-state index in [4.69, 9.17) is 9.47 Å². The molecule has 4 nitrogen and oxygen atoms in total. The lowest BCUT2D eigenvalue weighted by Gasteiger charge is -2.46. The number of hydrogen-bond donors (Lipinski definition) is 0. The first kappa shape index (κ1) is 15.6. The lowest BCUT2D eigenvalue weighted by molar-refractivity contribution is -0.148. The van der Waals surface area contributed by atoms with Gasteiger partial charge >= 0.3 is 5.97 Å². The Morgan fingerprint density at radius 1 is 1.29 bits per heavy atom. The molecule has 0 aromatic rings. The molecule has 5 heteroatoms. The molecular weight excluding hydrogens is 286 g/mol. The van der Waals surface area contributed by atoms with E-state index in [2.05, 4.69) is 4.90 Å². The minimum Gasteiger partial charge on any atom is -0.465 e. The number of carbonyl (C=O) groups excluding carboxylic acids is 1. The van der Waals surface area contributed by atoms with Crippen molar-refractivity contribution in [3.05, 3.63) is 0 Å². The van der Waals surface area contributed by atoms with Crippen molar-refractivity contribution in [1.29, 1.82) is 0 Å². The Morgan fingerprint density at radius 2 is 2.05 bits per heavy atom. The molecule has 0 aromatic heterocycles. The van der Waals surface area contributed by atoms with E-state index < -0.39 is 0 Å². The highest BCUT2D eigenvalue weighted by Gasteiger charge is 2.44. The molecule has 1 aliphatic carbocycles. The number of thioether (sulfide) groups is 1. The first-order valence-corrected chi connectivity index (χ1v) is 9.51. The molecule has 3 aliphatic rings. The van der Waals surface area contributed by atoms with Crippen molar-refractivity contribution in [2.45, 2.75) is 63.1 Å². The fourth-order valence-electron chi connectivity index (χ4n) is 3.70. The van der Waals surface area contributed by atoms with Gasteiger partial charge in [0.1, 0.15) is 0 Å². The SMILES string of the molecule is CCOC(=O)CN(C1CC1)C1CCOC2(CCSCC2)C1. The molecule has 21 heavy (non-hydrogen) atoms. The van der Waals surface area contributed by atoms with Crippen molar-refractivity contribution in [2.75, 3.05) is 31.3 Å². The fourth-order valence-corrected chi connectivity index (χ4v) is 4.93. The molecule has 0 bridgehead atoms. The van der Waals surface area contributed by atoms with Crippen LogP contribution in [0.4, 0.5) is 0 Å². The number of ether oxygens (including phenoxy) is 2. The second kappa shape index (κ2) is 6.88. The van der Waals surface area contributed by atoms with E-state index in [-0.39, 0.29) is 11.6 Å². The maximum absolute atomic E-state index is 11.9. The Labute approximate surface area is 131 Å². The van der Waals surface area contributed by atoms with Gasteiger partial charge < -0.3 is 9.47 Å². The number of nitrogens with zero attached hydrogens (tertiary/aromatic N) is 1. The normalized spacial score (nSPS) is 28.8. The molecule has 120 valence electrons. The quantitative estimate of drug-likeness (QED) is 0.729. The van der Waals surface area contributed by atoms with Crippen LogP contribution in [0.15, 0.2) is 0 Å². The third-order valence-corrected chi connectivity index (χ3v) is 5.96. The fraction of sp³-hybridized carbons (Fsp3) is 0.938. The summed E-state index contributed by atoms with van der Waals surface area (Å²) in [6.45, 7) is 3.67. The first-order valence-electron chi connectivity index (χ1n) is 8.35. The molecule has 2 heterocycles. The Kier molecular flexibility index (Phi) is 5.12. The van der Waals surface area contributed by atoms with Gasteiger partial charge in [0.2, 0.25) is 0 Å². The third kappa shape index (κ3) is 3.93. The Hall–Kier alpha value is -0.260. The van der Waals surface area contributed by atoms with Crippen LogP contribution >= 0.6 is 11.8 Å². The third-order valence-electron chi connectivity index (χ3n) is 4.97. The van der Waals surface area contributed by atoms with Crippen LogP contribution in [0.25, 0.3) is 0 Å². The molecule has 1 saturated carbocycles. The molecule has 0 amide bonds. The van der Waals surface area contributed by atoms with E-state index in [1.54, 1.807) is 0 Å². The van der Waals surface area contributed by atoms with Gasteiger partial charge in [0, 0.05) is 18.7 Å². The van der Waals surface area contributed by atoms with E-state index in [0.29, 0.717) is 25.2 Å². The zero-order chi connectivity index (χ0) is 14.7. The minimum absolute atomic E-state index is 0.0656. The monoisotopic (exact) mass is 313 g/mol. The first-order chi connectivity index (χ1) is 10.2. The van der Waals surface area contributed by atoms with Gasteiger partial charge in [0.15, 0.2) is 0 Å². The number of hydrogen-bond acceptors (Lipinski definition) is 5. The second-order valence-corrected chi connectivity index (χ2v) is 7.72. The smallest absolute Gasteiger partial charge is 0.320 e. The van der Waals surface area contributed by atoms with E-state index >= 15 is 0 Å². The second-order valence-electron chi connectivity index (χ2n) is 6.50. The predicted molar refractivity (Wildman–Crippen MR) is 84.6 cm³/mol. The predicted octanol–water partition coefficient (Wildman–Crippen LogP) is 2.46. The van der Waals surface area contributed by atoms with Crippen LogP contribution < -0.4 is 0 Å². The Morgan fingerprint density at radius 3 is 2.71 bits per heavy atom. The molecule has 1 unspecified atom stereocenters. The Balaban J connectivity index is 1.63. The summed E-state index contributed by atoms with van der Waals surface area (Å²) < 4.78 is 11.3. The number of esters is 1. The van der Waals surface area contributed by atoms with Gasteiger partial charge in [-0.05, 0) is 57.0 Å². The summed E-state index contributed by atoms with van der Waals surface area (Å²) >= 11 is 2.04. The zero-order valence-corrected chi connectivity index (χ0v) is 13.8. The van der Waals surface area contributed by atoms with Crippen LogP contribution in [0, 0.1) is 0 Å². The molecule has 3 rings (SSSR count). The summed E-state index contributed by atoms with van der Waals surface area (Å²) in [7, 11) is 0. The Bertz CT molecular complexity index is 361. The zero-order valence-electron chi connectivity index (χ0n) is 13.0. The van der Waals surface area contributed by atoms with Crippen LogP contribution in [-0.2, 0) is 14.3 Å². The van der Waals surface area contributed by atoms with E-state index in [9.17, 15) is 4.79 Å². The molecule has 0 aromatic carbocycles. The summed E-state index contributed by atoms with van der Waals surface area (Å²) in [6, 6.07) is 1.10. The summed E-state index contributed by atoms with van der Waals surface area (Å²) in [5.41, 5.74) is 0.0932. The highest BCUT2D eigenvalue weighted by atomic mass is 32.2. The largest absolute Gasteiger partial charge is 0.465 e. The maximum atomic E-state index is 11.9. The lowest BCUT2D eigenvalue weighted by Crippen LogP contribution is -2.52. The van der Waals surface area contributed by atoms with Gasteiger partial charge in [-0.3, -0.25) is 9.69 Å². The minimum atomic E-state index is -0.0656. The average molecular weight is 313 g/mol. The highest BCUT2D eigenvalue weighted by Crippen LogP contribution is 2.41. The van der Waals surface area contributed by atoms with Gasteiger partial charge in [-0.2, -0.15) is 11.8 Å². The van der Waals surface area contributed by atoms with Crippen molar-refractivity contribution in [3.8, 4) is 0 Å².